The second-order valence-corrected chi connectivity index (χ2v) is 4.51. The quantitative estimate of drug-likeness (QED) is 0.784. The zero-order valence-corrected chi connectivity index (χ0v) is 8.81. The Bertz CT molecular complexity index is 239. The van der Waals surface area contributed by atoms with Gasteiger partial charge in [0.1, 0.15) is 0 Å². The lowest BCUT2D eigenvalue weighted by Gasteiger charge is -2.27. The molecule has 72 valence electrons. The van der Waals surface area contributed by atoms with Crippen LogP contribution in [0.2, 0.25) is 0 Å². The van der Waals surface area contributed by atoms with Gasteiger partial charge in [0.15, 0.2) is 0 Å². The second kappa shape index (κ2) is 4.20. The first kappa shape index (κ1) is 9.16. The molecule has 1 N–H and O–H groups in total. The lowest BCUT2D eigenvalue weighted by Crippen LogP contribution is -2.30. The normalized spacial score (nSPS) is 21.6. The standard InChI is InChI=1S/C10H16N2S/c1-8(10-6-13-7-12-10)9-2-4-11-5-3-9/h6-9,11H,2-5H2,1H3. The van der Waals surface area contributed by atoms with E-state index in [2.05, 4.69) is 22.6 Å². The highest BCUT2D eigenvalue weighted by Gasteiger charge is 2.21. The summed E-state index contributed by atoms with van der Waals surface area (Å²) < 4.78 is 0. The van der Waals surface area contributed by atoms with Crippen molar-refractivity contribution < 1.29 is 0 Å². The van der Waals surface area contributed by atoms with Crippen LogP contribution in [0.5, 0.6) is 0 Å². The van der Waals surface area contributed by atoms with Crippen molar-refractivity contribution in [3.8, 4) is 0 Å². The highest BCUT2D eigenvalue weighted by molar-refractivity contribution is 7.07. The van der Waals surface area contributed by atoms with Gasteiger partial charge >= 0.3 is 0 Å². The van der Waals surface area contributed by atoms with Gasteiger partial charge in [-0.1, -0.05) is 6.92 Å². The third-order valence-corrected chi connectivity index (χ3v) is 3.61. The van der Waals surface area contributed by atoms with E-state index in [4.69, 9.17) is 0 Å². The topological polar surface area (TPSA) is 24.9 Å². The summed E-state index contributed by atoms with van der Waals surface area (Å²) in [6, 6.07) is 0. The molecule has 0 aromatic carbocycles. The highest BCUT2D eigenvalue weighted by Crippen LogP contribution is 2.29. The highest BCUT2D eigenvalue weighted by atomic mass is 32.1. The molecular weight excluding hydrogens is 180 g/mol. The van der Waals surface area contributed by atoms with Gasteiger partial charge in [0.05, 0.1) is 11.2 Å². The number of rotatable bonds is 2. The summed E-state index contributed by atoms with van der Waals surface area (Å²) in [5.41, 5.74) is 3.23. The van der Waals surface area contributed by atoms with Crippen molar-refractivity contribution in [2.24, 2.45) is 5.92 Å². The summed E-state index contributed by atoms with van der Waals surface area (Å²) in [7, 11) is 0. The predicted molar refractivity (Wildman–Crippen MR) is 56.1 cm³/mol. The Morgan fingerprint density at radius 3 is 2.92 bits per heavy atom. The van der Waals surface area contributed by atoms with E-state index in [1.54, 1.807) is 11.3 Å². The van der Waals surface area contributed by atoms with Crippen molar-refractivity contribution in [2.75, 3.05) is 13.1 Å². The Morgan fingerprint density at radius 1 is 1.54 bits per heavy atom. The average Bonchev–Trinajstić information content (AvgIpc) is 2.71. The number of aromatic nitrogens is 1. The van der Waals surface area contributed by atoms with Crippen molar-refractivity contribution in [1.82, 2.24) is 10.3 Å². The van der Waals surface area contributed by atoms with Crippen LogP contribution in [-0.4, -0.2) is 18.1 Å². The van der Waals surface area contributed by atoms with E-state index in [9.17, 15) is 0 Å². The van der Waals surface area contributed by atoms with Crippen LogP contribution in [0.3, 0.4) is 0 Å². The lowest BCUT2D eigenvalue weighted by molar-refractivity contribution is 0.327. The molecule has 1 aliphatic rings. The fraction of sp³-hybridized carbons (Fsp3) is 0.700. The largest absolute Gasteiger partial charge is 0.317 e. The number of nitrogens with one attached hydrogen (secondary N) is 1. The number of hydrogen-bond acceptors (Lipinski definition) is 3. The molecule has 0 bridgehead atoms. The number of hydrogen-bond donors (Lipinski definition) is 1. The van der Waals surface area contributed by atoms with E-state index in [-0.39, 0.29) is 0 Å². The van der Waals surface area contributed by atoms with Crippen LogP contribution in [0, 0.1) is 5.92 Å². The Balaban J connectivity index is 1.99. The smallest absolute Gasteiger partial charge is 0.0794 e. The summed E-state index contributed by atoms with van der Waals surface area (Å²) in [5, 5.41) is 5.58. The lowest BCUT2D eigenvalue weighted by atomic mass is 9.84. The maximum absolute atomic E-state index is 4.39. The Kier molecular flexibility index (Phi) is 2.96. The maximum Gasteiger partial charge on any atom is 0.0794 e. The first-order valence-electron chi connectivity index (χ1n) is 4.96. The van der Waals surface area contributed by atoms with Crippen LogP contribution in [0.4, 0.5) is 0 Å². The molecule has 0 aliphatic carbocycles. The van der Waals surface area contributed by atoms with Gasteiger partial charge in [-0.3, -0.25) is 0 Å². The predicted octanol–water partition coefficient (Wildman–Crippen LogP) is 2.25. The zero-order valence-electron chi connectivity index (χ0n) is 7.99. The molecule has 1 aromatic heterocycles. The van der Waals surface area contributed by atoms with Crippen LogP contribution < -0.4 is 5.32 Å². The summed E-state index contributed by atoms with van der Waals surface area (Å²) >= 11 is 1.71. The Morgan fingerprint density at radius 2 is 2.31 bits per heavy atom. The Labute approximate surface area is 83.4 Å². The summed E-state index contributed by atoms with van der Waals surface area (Å²) in [5.74, 6) is 1.48. The molecule has 1 atom stereocenters. The SMILES string of the molecule is CC(c1cscn1)C1CCNCC1. The summed E-state index contributed by atoms with van der Waals surface area (Å²) in [6.07, 6.45) is 2.61. The van der Waals surface area contributed by atoms with Crippen LogP contribution >= 0.6 is 11.3 Å². The summed E-state index contributed by atoms with van der Waals surface area (Å²) in [6.45, 7) is 4.67. The molecule has 13 heavy (non-hydrogen) atoms. The van der Waals surface area contributed by atoms with Gasteiger partial charge < -0.3 is 5.32 Å². The summed E-state index contributed by atoms with van der Waals surface area (Å²) in [4.78, 5) is 4.39. The molecule has 1 aromatic rings. The van der Waals surface area contributed by atoms with Crippen molar-refractivity contribution in [2.45, 2.75) is 25.7 Å². The fourth-order valence-electron chi connectivity index (χ4n) is 2.03. The van der Waals surface area contributed by atoms with Crippen molar-refractivity contribution in [3.63, 3.8) is 0 Å². The minimum Gasteiger partial charge on any atom is -0.317 e. The van der Waals surface area contributed by atoms with Gasteiger partial charge in [-0.05, 0) is 31.8 Å². The molecule has 3 heteroatoms. The van der Waals surface area contributed by atoms with E-state index in [0.717, 1.165) is 5.92 Å². The molecule has 2 heterocycles. The molecule has 1 fully saturated rings. The molecule has 1 saturated heterocycles. The van der Waals surface area contributed by atoms with Gasteiger partial charge in [0.25, 0.3) is 0 Å². The molecule has 1 unspecified atom stereocenters. The van der Waals surface area contributed by atoms with Gasteiger partial charge in [-0.2, -0.15) is 0 Å². The first-order valence-corrected chi connectivity index (χ1v) is 5.91. The van der Waals surface area contributed by atoms with Crippen LogP contribution in [0.15, 0.2) is 10.9 Å². The van der Waals surface area contributed by atoms with E-state index in [0.29, 0.717) is 5.92 Å². The van der Waals surface area contributed by atoms with Crippen LogP contribution in [0.25, 0.3) is 0 Å². The van der Waals surface area contributed by atoms with Gasteiger partial charge in [-0.25, -0.2) is 4.98 Å². The van der Waals surface area contributed by atoms with Gasteiger partial charge in [0, 0.05) is 11.3 Å². The molecule has 2 rings (SSSR count). The molecule has 0 radical (unpaired) electrons. The molecular formula is C10H16N2S. The van der Waals surface area contributed by atoms with E-state index < -0.39 is 0 Å². The minimum absolute atomic E-state index is 0.647. The fourth-order valence-corrected chi connectivity index (χ4v) is 2.69. The minimum atomic E-state index is 0.647. The molecule has 0 amide bonds. The Hall–Kier alpha value is -0.410. The van der Waals surface area contributed by atoms with E-state index >= 15 is 0 Å². The first-order chi connectivity index (χ1) is 6.38. The van der Waals surface area contributed by atoms with Crippen molar-refractivity contribution >= 4 is 11.3 Å². The zero-order chi connectivity index (χ0) is 9.10. The number of thiazole rings is 1. The van der Waals surface area contributed by atoms with Crippen LogP contribution in [0.1, 0.15) is 31.4 Å². The number of nitrogens with zero attached hydrogens (tertiary/aromatic N) is 1. The van der Waals surface area contributed by atoms with Crippen molar-refractivity contribution in [3.05, 3.63) is 16.6 Å². The van der Waals surface area contributed by atoms with Crippen molar-refractivity contribution in [1.29, 1.82) is 0 Å². The van der Waals surface area contributed by atoms with Gasteiger partial charge in [-0.15, -0.1) is 11.3 Å². The molecule has 1 aliphatic heterocycles. The van der Waals surface area contributed by atoms with Crippen LogP contribution in [-0.2, 0) is 0 Å². The maximum atomic E-state index is 4.39. The van der Waals surface area contributed by atoms with E-state index in [1.165, 1.54) is 31.6 Å². The third kappa shape index (κ3) is 2.09. The van der Waals surface area contributed by atoms with E-state index in [1.807, 2.05) is 5.51 Å². The second-order valence-electron chi connectivity index (χ2n) is 3.79. The van der Waals surface area contributed by atoms with Gasteiger partial charge in [0.2, 0.25) is 0 Å². The molecule has 0 saturated carbocycles. The molecule has 0 spiro atoms. The number of piperidine rings is 1. The third-order valence-electron chi connectivity index (χ3n) is 3.01. The monoisotopic (exact) mass is 196 g/mol. The average molecular weight is 196 g/mol. The molecule has 2 nitrogen and oxygen atoms in total.